The van der Waals surface area contributed by atoms with Gasteiger partial charge in [-0.3, -0.25) is 4.98 Å². The summed E-state index contributed by atoms with van der Waals surface area (Å²) in [5.41, 5.74) is 6.95. The molecule has 0 saturated heterocycles. The van der Waals surface area contributed by atoms with E-state index in [1.54, 1.807) is 6.20 Å². The van der Waals surface area contributed by atoms with Crippen molar-refractivity contribution in [3.05, 3.63) is 84.2 Å². The topological polar surface area (TPSA) is 41.6 Å². The van der Waals surface area contributed by atoms with Gasteiger partial charge >= 0.3 is 0 Å². The van der Waals surface area contributed by atoms with Crippen LogP contribution in [0, 0.1) is 5.92 Å². The van der Waals surface area contributed by atoms with E-state index >= 15 is 0 Å². The number of imidazole rings is 1. The van der Waals surface area contributed by atoms with E-state index in [4.69, 9.17) is 4.98 Å². The average Bonchev–Trinajstić information content (AvgIpc) is 3.07. The Kier molecular flexibility index (Phi) is 4.06. The number of aromatic nitrogens is 3. The van der Waals surface area contributed by atoms with Crippen molar-refractivity contribution in [3.63, 3.8) is 0 Å². The second-order valence-electron chi connectivity index (χ2n) is 6.62. The molecule has 0 radical (unpaired) electrons. The van der Waals surface area contributed by atoms with Crippen molar-refractivity contribution in [2.24, 2.45) is 5.92 Å². The number of H-pyrrole nitrogens is 1. The third kappa shape index (κ3) is 3.31. The second-order valence-corrected chi connectivity index (χ2v) is 6.62. The van der Waals surface area contributed by atoms with Gasteiger partial charge in [0, 0.05) is 18.0 Å². The highest BCUT2D eigenvalue weighted by Gasteiger charge is 2.09. The van der Waals surface area contributed by atoms with Crippen molar-refractivity contribution in [2.75, 3.05) is 0 Å². The third-order valence-corrected chi connectivity index (χ3v) is 4.75. The summed E-state index contributed by atoms with van der Waals surface area (Å²) in [5.74, 6) is 1.31. The number of aromatic amines is 1. The number of rotatable bonds is 4. The fraction of sp³-hybridized carbons (Fsp3) is 0.182. The van der Waals surface area contributed by atoms with Crippen LogP contribution in [0.5, 0.6) is 0 Å². The van der Waals surface area contributed by atoms with E-state index in [0.717, 1.165) is 35.3 Å². The molecule has 0 saturated carbocycles. The van der Waals surface area contributed by atoms with Gasteiger partial charge in [-0.15, -0.1) is 0 Å². The number of pyridine rings is 1. The van der Waals surface area contributed by atoms with Crippen molar-refractivity contribution < 1.29 is 0 Å². The summed E-state index contributed by atoms with van der Waals surface area (Å²) < 4.78 is 0. The Morgan fingerprint density at radius 2 is 2.08 bits per heavy atom. The SMILES string of the molecule is C=C1C=CC(CCc2ccc3[nH]c(-c4cccnc4)nc3c2)=CC1C. The van der Waals surface area contributed by atoms with Gasteiger partial charge in [-0.05, 0) is 54.2 Å². The van der Waals surface area contributed by atoms with Crippen molar-refractivity contribution >= 4 is 11.0 Å². The maximum atomic E-state index is 4.72. The lowest BCUT2D eigenvalue weighted by atomic mass is 9.91. The number of fused-ring (bicyclic) bond motifs is 1. The molecule has 0 amide bonds. The quantitative estimate of drug-likeness (QED) is 0.711. The first-order valence-electron chi connectivity index (χ1n) is 8.66. The minimum Gasteiger partial charge on any atom is -0.338 e. The highest BCUT2D eigenvalue weighted by Crippen LogP contribution is 2.25. The van der Waals surface area contributed by atoms with Crippen LogP contribution in [0.4, 0.5) is 0 Å². The third-order valence-electron chi connectivity index (χ3n) is 4.75. The van der Waals surface area contributed by atoms with Crippen LogP contribution < -0.4 is 0 Å². The second kappa shape index (κ2) is 6.52. The number of benzene rings is 1. The van der Waals surface area contributed by atoms with Gasteiger partial charge < -0.3 is 4.98 Å². The van der Waals surface area contributed by atoms with Gasteiger partial charge in [0.15, 0.2) is 0 Å². The van der Waals surface area contributed by atoms with Crippen LogP contribution in [0.2, 0.25) is 0 Å². The largest absolute Gasteiger partial charge is 0.338 e. The molecule has 0 spiro atoms. The Balaban J connectivity index is 1.53. The van der Waals surface area contributed by atoms with E-state index in [1.165, 1.54) is 16.7 Å². The van der Waals surface area contributed by atoms with E-state index in [1.807, 2.05) is 18.3 Å². The standard InChI is InChI=1S/C22H21N3/c1-15-5-6-17(12-16(15)2)7-8-18-9-10-20-21(13-18)25-22(24-20)19-4-3-11-23-14-19/h3-6,9-14,16H,1,7-8H2,2H3,(H,24,25). The monoisotopic (exact) mass is 327 g/mol. The van der Waals surface area contributed by atoms with Crippen LogP contribution in [0.3, 0.4) is 0 Å². The number of nitrogens with one attached hydrogen (secondary N) is 1. The fourth-order valence-corrected chi connectivity index (χ4v) is 3.15. The molecule has 124 valence electrons. The Labute approximate surface area is 147 Å². The molecule has 3 heteroatoms. The van der Waals surface area contributed by atoms with E-state index in [0.29, 0.717) is 5.92 Å². The molecule has 3 aromatic rings. The first-order chi connectivity index (χ1) is 12.2. The molecule has 25 heavy (non-hydrogen) atoms. The molecule has 3 nitrogen and oxygen atoms in total. The van der Waals surface area contributed by atoms with Gasteiger partial charge in [0.05, 0.1) is 11.0 Å². The van der Waals surface area contributed by atoms with E-state index in [-0.39, 0.29) is 0 Å². The lowest BCUT2D eigenvalue weighted by Gasteiger charge is -2.14. The Morgan fingerprint density at radius 1 is 1.16 bits per heavy atom. The normalized spacial score (nSPS) is 17.1. The van der Waals surface area contributed by atoms with Crippen LogP contribution in [0.15, 0.2) is 78.7 Å². The van der Waals surface area contributed by atoms with Crippen molar-refractivity contribution in [3.8, 4) is 11.4 Å². The molecule has 1 aliphatic rings. The molecule has 4 rings (SSSR count). The number of nitrogens with zero attached hydrogens (tertiary/aromatic N) is 2. The Bertz CT molecular complexity index is 977. The molecule has 2 heterocycles. The highest BCUT2D eigenvalue weighted by molar-refractivity contribution is 5.79. The molecule has 1 atom stereocenters. The number of hydrogen-bond acceptors (Lipinski definition) is 2. The molecule has 1 unspecified atom stereocenters. The van der Waals surface area contributed by atoms with Crippen LogP contribution in [0.1, 0.15) is 18.9 Å². The molecular formula is C22H21N3. The Morgan fingerprint density at radius 3 is 2.88 bits per heavy atom. The summed E-state index contributed by atoms with van der Waals surface area (Å²) in [4.78, 5) is 12.3. The van der Waals surface area contributed by atoms with Gasteiger partial charge in [0.1, 0.15) is 5.82 Å². The molecular weight excluding hydrogens is 306 g/mol. The Hall–Kier alpha value is -2.94. The summed E-state index contributed by atoms with van der Waals surface area (Å²) in [5, 5.41) is 0. The summed E-state index contributed by atoms with van der Waals surface area (Å²) in [7, 11) is 0. The highest BCUT2D eigenvalue weighted by atomic mass is 14.9. The summed E-state index contributed by atoms with van der Waals surface area (Å²) in [6.07, 6.45) is 12.3. The molecule has 2 aromatic heterocycles. The minimum atomic E-state index is 0.441. The van der Waals surface area contributed by atoms with Gasteiger partial charge in [-0.2, -0.15) is 0 Å². The zero-order valence-corrected chi connectivity index (χ0v) is 14.4. The molecule has 1 N–H and O–H groups in total. The van der Waals surface area contributed by atoms with Gasteiger partial charge in [0.25, 0.3) is 0 Å². The van der Waals surface area contributed by atoms with Crippen LogP contribution in [0.25, 0.3) is 22.4 Å². The number of aryl methyl sites for hydroxylation is 1. The van der Waals surface area contributed by atoms with Gasteiger partial charge in [-0.1, -0.05) is 43.4 Å². The molecule has 0 fully saturated rings. The smallest absolute Gasteiger partial charge is 0.140 e. The number of allylic oxidation sites excluding steroid dienone is 5. The lowest BCUT2D eigenvalue weighted by Crippen LogP contribution is -1.99. The van der Waals surface area contributed by atoms with E-state index in [2.05, 4.69) is 59.9 Å². The molecule has 0 bridgehead atoms. The van der Waals surface area contributed by atoms with Gasteiger partial charge in [-0.25, -0.2) is 4.98 Å². The summed E-state index contributed by atoms with van der Waals surface area (Å²) in [6, 6.07) is 10.4. The van der Waals surface area contributed by atoms with E-state index in [9.17, 15) is 0 Å². The van der Waals surface area contributed by atoms with Crippen LogP contribution in [-0.4, -0.2) is 15.0 Å². The average molecular weight is 327 g/mol. The number of hydrogen-bond donors (Lipinski definition) is 1. The zero-order chi connectivity index (χ0) is 17.2. The van der Waals surface area contributed by atoms with Crippen molar-refractivity contribution in [1.29, 1.82) is 0 Å². The van der Waals surface area contributed by atoms with Crippen molar-refractivity contribution in [1.82, 2.24) is 15.0 Å². The first kappa shape index (κ1) is 15.6. The predicted molar refractivity (Wildman–Crippen MR) is 103 cm³/mol. The maximum Gasteiger partial charge on any atom is 0.140 e. The maximum absolute atomic E-state index is 4.72. The van der Waals surface area contributed by atoms with Gasteiger partial charge in [0.2, 0.25) is 0 Å². The molecule has 0 aliphatic heterocycles. The van der Waals surface area contributed by atoms with Crippen LogP contribution in [-0.2, 0) is 6.42 Å². The predicted octanol–water partition coefficient (Wildman–Crippen LogP) is 5.25. The molecule has 1 aromatic carbocycles. The summed E-state index contributed by atoms with van der Waals surface area (Å²) in [6.45, 7) is 6.26. The molecule has 1 aliphatic carbocycles. The lowest BCUT2D eigenvalue weighted by molar-refractivity contribution is 0.848. The summed E-state index contributed by atoms with van der Waals surface area (Å²) >= 11 is 0. The first-order valence-corrected chi connectivity index (χ1v) is 8.66. The van der Waals surface area contributed by atoms with Crippen LogP contribution >= 0.6 is 0 Å². The van der Waals surface area contributed by atoms with E-state index < -0.39 is 0 Å². The fourth-order valence-electron chi connectivity index (χ4n) is 3.15. The minimum absolute atomic E-state index is 0.441. The zero-order valence-electron chi connectivity index (χ0n) is 14.4. The van der Waals surface area contributed by atoms with Crippen molar-refractivity contribution in [2.45, 2.75) is 19.8 Å².